The molecule has 9 nitrogen and oxygen atoms in total. The molecule has 1 aliphatic rings. The third-order valence-electron chi connectivity index (χ3n) is 4.81. The predicted molar refractivity (Wildman–Crippen MR) is 111 cm³/mol. The van der Waals surface area contributed by atoms with E-state index in [-0.39, 0.29) is 24.2 Å². The Morgan fingerprint density at radius 1 is 1.27 bits per heavy atom. The van der Waals surface area contributed by atoms with Crippen LogP contribution in [0, 0.1) is 0 Å². The minimum Gasteiger partial charge on any atom is -0.463 e. The summed E-state index contributed by atoms with van der Waals surface area (Å²) in [7, 11) is 0. The number of β-amino-alcohol motifs (C(OH)–C–C–N with tert-alkyl or cyclic N) is 1. The van der Waals surface area contributed by atoms with E-state index in [0.29, 0.717) is 18.7 Å². The van der Waals surface area contributed by atoms with Crippen LogP contribution < -0.4 is 10.2 Å². The number of aliphatic hydroxyl groups is 1. The van der Waals surface area contributed by atoms with Gasteiger partial charge in [0, 0.05) is 39.1 Å². The summed E-state index contributed by atoms with van der Waals surface area (Å²) in [5, 5.41) is 12.8. The van der Waals surface area contributed by atoms with Crippen molar-refractivity contribution in [2.24, 2.45) is 0 Å². The zero-order chi connectivity index (χ0) is 21.3. The Morgan fingerprint density at radius 2 is 2.07 bits per heavy atom. The highest BCUT2D eigenvalue weighted by Crippen LogP contribution is 2.17. The van der Waals surface area contributed by atoms with Crippen LogP contribution in [0.1, 0.15) is 30.3 Å². The fourth-order valence-corrected chi connectivity index (χ4v) is 3.22. The molecule has 2 N–H and O–H groups in total. The van der Waals surface area contributed by atoms with Crippen LogP contribution in [0.5, 0.6) is 0 Å². The number of piperazine rings is 1. The quantitative estimate of drug-likeness (QED) is 0.596. The molecule has 162 valence electrons. The molecule has 3 rings (SSSR count). The van der Waals surface area contributed by atoms with Gasteiger partial charge in [0.15, 0.2) is 5.76 Å². The molecule has 9 heteroatoms. The number of nitrogens with one attached hydrogen (secondary N) is 1. The van der Waals surface area contributed by atoms with E-state index in [2.05, 4.69) is 20.1 Å². The standard InChI is InChI=1S/C21H28N4O5/c1-2-4-20(27)30-15-17(26)14-24-8-10-25(11-9-24)19-7-6-16(13-22-19)23-21(28)18-5-3-12-29-18/h3,5-7,12-13,17,26H,2,4,8-11,14-15H2,1H3,(H,23,28). The Bertz CT molecular complexity index is 801. The van der Waals surface area contributed by atoms with E-state index in [0.717, 1.165) is 38.4 Å². The fourth-order valence-electron chi connectivity index (χ4n) is 3.22. The molecule has 3 heterocycles. The molecule has 1 saturated heterocycles. The average molecular weight is 416 g/mol. The number of aliphatic hydroxyl groups excluding tert-OH is 1. The molecule has 0 aromatic carbocycles. The maximum absolute atomic E-state index is 12.0. The number of amides is 1. The minimum absolute atomic E-state index is 0.0335. The summed E-state index contributed by atoms with van der Waals surface area (Å²) in [6.45, 7) is 5.51. The third-order valence-corrected chi connectivity index (χ3v) is 4.81. The molecular weight excluding hydrogens is 388 g/mol. The van der Waals surface area contributed by atoms with Crippen LogP contribution in [0.2, 0.25) is 0 Å². The molecule has 0 spiro atoms. The monoisotopic (exact) mass is 416 g/mol. The second-order valence-corrected chi connectivity index (χ2v) is 7.21. The van der Waals surface area contributed by atoms with Crippen molar-refractivity contribution in [3.63, 3.8) is 0 Å². The number of furan rings is 1. The lowest BCUT2D eigenvalue weighted by atomic mass is 10.2. The SMILES string of the molecule is CCCC(=O)OCC(O)CN1CCN(c2ccc(NC(=O)c3ccco3)cn2)CC1. The van der Waals surface area contributed by atoms with Crippen LogP contribution >= 0.6 is 0 Å². The summed E-state index contributed by atoms with van der Waals surface area (Å²) in [5.74, 6) is 0.496. The molecule has 0 saturated carbocycles. The zero-order valence-electron chi connectivity index (χ0n) is 17.1. The number of hydrogen-bond acceptors (Lipinski definition) is 8. The van der Waals surface area contributed by atoms with E-state index >= 15 is 0 Å². The van der Waals surface area contributed by atoms with Crippen LogP contribution in [-0.4, -0.2) is 72.3 Å². The molecule has 1 unspecified atom stereocenters. The van der Waals surface area contributed by atoms with Crippen LogP contribution in [0.3, 0.4) is 0 Å². The van der Waals surface area contributed by atoms with Crippen molar-refractivity contribution < 1.29 is 23.8 Å². The summed E-state index contributed by atoms with van der Waals surface area (Å²) in [6.07, 6.45) is 3.50. The molecule has 0 radical (unpaired) electrons. The van der Waals surface area contributed by atoms with Gasteiger partial charge in [0.1, 0.15) is 18.5 Å². The molecule has 2 aromatic heterocycles. The Balaban J connectivity index is 1.41. The number of hydrogen-bond donors (Lipinski definition) is 2. The number of carbonyl (C=O) groups excluding carboxylic acids is 2. The number of aromatic nitrogens is 1. The van der Waals surface area contributed by atoms with Gasteiger partial charge >= 0.3 is 5.97 Å². The van der Waals surface area contributed by atoms with Crippen molar-refractivity contribution in [1.82, 2.24) is 9.88 Å². The number of ether oxygens (including phenoxy) is 1. The van der Waals surface area contributed by atoms with Gasteiger partial charge in [-0.3, -0.25) is 14.5 Å². The lowest BCUT2D eigenvalue weighted by Gasteiger charge is -2.36. The summed E-state index contributed by atoms with van der Waals surface area (Å²) < 4.78 is 10.1. The molecule has 1 fully saturated rings. The second kappa shape index (κ2) is 10.7. The highest BCUT2D eigenvalue weighted by molar-refractivity contribution is 6.02. The van der Waals surface area contributed by atoms with Gasteiger partial charge < -0.3 is 24.5 Å². The van der Waals surface area contributed by atoms with Gasteiger partial charge in [0.2, 0.25) is 0 Å². The van der Waals surface area contributed by atoms with Gasteiger partial charge in [-0.05, 0) is 30.7 Å². The number of esters is 1. The average Bonchev–Trinajstić information content (AvgIpc) is 3.29. The Hall–Kier alpha value is -2.91. The molecular formula is C21H28N4O5. The molecule has 30 heavy (non-hydrogen) atoms. The van der Waals surface area contributed by atoms with Gasteiger partial charge in [-0.25, -0.2) is 4.98 Å². The maximum atomic E-state index is 12.0. The number of carbonyl (C=O) groups is 2. The van der Waals surface area contributed by atoms with Crippen LogP contribution in [0.25, 0.3) is 0 Å². The van der Waals surface area contributed by atoms with Gasteiger partial charge in [0.05, 0.1) is 18.1 Å². The van der Waals surface area contributed by atoms with E-state index in [1.165, 1.54) is 6.26 Å². The highest BCUT2D eigenvalue weighted by Gasteiger charge is 2.21. The van der Waals surface area contributed by atoms with E-state index in [1.54, 1.807) is 18.3 Å². The molecule has 1 amide bonds. The molecule has 1 aliphatic heterocycles. The molecule has 0 bridgehead atoms. The van der Waals surface area contributed by atoms with Crippen molar-refractivity contribution in [2.75, 3.05) is 49.5 Å². The van der Waals surface area contributed by atoms with E-state index in [4.69, 9.17) is 9.15 Å². The van der Waals surface area contributed by atoms with E-state index < -0.39 is 6.10 Å². The van der Waals surface area contributed by atoms with E-state index in [1.807, 2.05) is 19.1 Å². The van der Waals surface area contributed by atoms with Crippen LogP contribution in [-0.2, 0) is 9.53 Å². The summed E-state index contributed by atoms with van der Waals surface area (Å²) >= 11 is 0. The summed E-state index contributed by atoms with van der Waals surface area (Å²) in [6, 6.07) is 6.94. The minimum atomic E-state index is -0.687. The first kappa shape index (κ1) is 21.8. The normalized spacial score (nSPS) is 15.6. The van der Waals surface area contributed by atoms with Crippen molar-refractivity contribution >= 4 is 23.4 Å². The highest BCUT2D eigenvalue weighted by atomic mass is 16.5. The first-order valence-corrected chi connectivity index (χ1v) is 10.2. The topological polar surface area (TPSA) is 108 Å². The smallest absolute Gasteiger partial charge is 0.305 e. The summed E-state index contributed by atoms with van der Waals surface area (Å²) in [5.41, 5.74) is 0.597. The fraction of sp³-hybridized carbons (Fsp3) is 0.476. The second-order valence-electron chi connectivity index (χ2n) is 7.21. The number of anilines is 2. The number of rotatable bonds is 9. The first-order valence-electron chi connectivity index (χ1n) is 10.2. The Labute approximate surface area is 175 Å². The molecule has 0 aliphatic carbocycles. The number of pyridine rings is 1. The lowest BCUT2D eigenvalue weighted by Crippen LogP contribution is -2.49. The Morgan fingerprint density at radius 3 is 2.70 bits per heavy atom. The molecule has 2 aromatic rings. The summed E-state index contributed by atoms with van der Waals surface area (Å²) in [4.78, 5) is 32.1. The lowest BCUT2D eigenvalue weighted by molar-refractivity contribution is -0.147. The van der Waals surface area contributed by atoms with Crippen LogP contribution in [0.15, 0.2) is 41.1 Å². The van der Waals surface area contributed by atoms with E-state index in [9.17, 15) is 14.7 Å². The van der Waals surface area contributed by atoms with Crippen molar-refractivity contribution in [2.45, 2.75) is 25.9 Å². The molecule has 1 atom stereocenters. The van der Waals surface area contributed by atoms with Crippen molar-refractivity contribution in [3.8, 4) is 0 Å². The van der Waals surface area contributed by atoms with Gasteiger partial charge in [0.25, 0.3) is 5.91 Å². The van der Waals surface area contributed by atoms with Crippen molar-refractivity contribution in [3.05, 3.63) is 42.5 Å². The third kappa shape index (κ3) is 6.30. The first-order chi connectivity index (χ1) is 14.5. The zero-order valence-corrected chi connectivity index (χ0v) is 17.1. The van der Waals surface area contributed by atoms with Gasteiger partial charge in [-0.15, -0.1) is 0 Å². The number of nitrogens with zero attached hydrogens (tertiary/aromatic N) is 3. The van der Waals surface area contributed by atoms with Crippen LogP contribution in [0.4, 0.5) is 11.5 Å². The largest absolute Gasteiger partial charge is 0.463 e. The van der Waals surface area contributed by atoms with Gasteiger partial charge in [-0.1, -0.05) is 6.92 Å². The maximum Gasteiger partial charge on any atom is 0.305 e. The Kier molecular flexibility index (Phi) is 7.81. The van der Waals surface area contributed by atoms with Gasteiger partial charge in [-0.2, -0.15) is 0 Å². The van der Waals surface area contributed by atoms with Crippen molar-refractivity contribution in [1.29, 1.82) is 0 Å². The predicted octanol–water partition coefficient (Wildman–Crippen LogP) is 1.75.